The quantitative estimate of drug-likeness (QED) is 0.815. The second kappa shape index (κ2) is 7.45. The molecule has 6 heteroatoms. The summed E-state index contributed by atoms with van der Waals surface area (Å²) in [5.74, 6) is 2.46. The van der Waals surface area contributed by atoms with Crippen LogP contribution in [0.5, 0.6) is 5.75 Å². The number of benzene rings is 1. The number of aromatic nitrogens is 3. The van der Waals surface area contributed by atoms with Crippen LogP contribution in [0.3, 0.4) is 0 Å². The first-order valence-corrected chi connectivity index (χ1v) is 8.41. The zero-order valence-corrected chi connectivity index (χ0v) is 14.3. The molecule has 126 valence electrons. The van der Waals surface area contributed by atoms with E-state index in [1.54, 1.807) is 6.07 Å². The predicted octanol–water partition coefficient (Wildman–Crippen LogP) is 2.31. The summed E-state index contributed by atoms with van der Waals surface area (Å²) < 4.78 is 7.82. The van der Waals surface area contributed by atoms with Crippen molar-refractivity contribution in [2.45, 2.75) is 39.3 Å². The van der Waals surface area contributed by atoms with E-state index in [-0.39, 0.29) is 0 Å². The van der Waals surface area contributed by atoms with Crippen molar-refractivity contribution in [1.29, 1.82) is 5.26 Å². The molecule has 2 aromatic rings. The topological polar surface area (TPSA) is 67.0 Å². The summed E-state index contributed by atoms with van der Waals surface area (Å²) in [6.07, 6.45) is 2.37. The maximum Gasteiger partial charge on any atom is 0.147 e. The van der Waals surface area contributed by atoms with Gasteiger partial charge in [-0.15, -0.1) is 0 Å². The molecule has 1 aromatic carbocycles. The van der Waals surface area contributed by atoms with Gasteiger partial charge in [-0.05, 0) is 45.4 Å². The molecule has 0 saturated carbocycles. The molecule has 0 bridgehead atoms. The molecule has 1 aliphatic heterocycles. The first-order valence-electron chi connectivity index (χ1n) is 8.41. The Morgan fingerprint density at radius 1 is 1.33 bits per heavy atom. The van der Waals surface area contributed by atoms with Crippen molar-refractivity contribution >= 4 is 0 Å². The standard InChI is InChI=1S/C18H23N5O/c1-14-20-15(2)23(21-14)13-17-7-5-9-22(17)10-11-24-18-8-4-3-6-16(18)12-19/h3-4,6,8,17H,5,7,9-11,13H2,1-2H3/t17-/m1/s1. The van der Waals surface area contributed by atoms with Crippen molar-refractivity contribution in [1.82, 2.24) is 19.7 Å². The van der Waals surface area contributed by atoms with Crippen molar-refractivity contribution in [2.24, 2.45) is 0 Å². The monoisotopic (exact) mass is 325 g/mol. The Bertz CT molecular complexity index is 733. The van der Waals surface area contributed by atoms with Crippen LogP contribution in [0.15, 0.2) is 24.3 Å². The Morgan fingerprint density at radius 2 is 2.17 bits per heavy atom. The molecule has 6 nitrogen and oxygen atoms in total. The van der Waals surface area contributed by atoms with Gasteiger partial charge in [-0.25, -0.2) is 9.67 Å². The molecule has 0 unspecified atom stereocenters. The predicted molar refractivity (Wildman–Crippen MR) is 90.7 cm³/mol. The van der Waals surface area contributed by atoms with Crippen LogP contribution in [0.2, 0.25) is 0 Å². The van der Waals surface area contributed by atoms with Crippen LogP contribution in [0, 0.1) is 25.2 Å². The minimum atomic E-state index is 0.472. The van der Waals surface area contributed by atoms with Crippen molar-refractivity contribution in [2.75, 3.05) is 19.7 Å². The lowest BCUT2D eigenvalue weighted by Gasteiger charge is -2.24. The van der Waals surface area contributed by atoms with Crippen LogP contribution in [-0.2, 0) is 6.54 Å². The Balaban J connectivity index is 1.55. The van der Waals surface area contributed by atoms with E-state index in [0.29, 0.717) is 24.0 Å². The second-order valence-electron chi connectivity index (χ2n) is 6.18. The van der Waals surface area contributed by atoms with Crippen LogP contribution < -0.4 is 4.74 Å². The highest BCUT2D eigenvalue weighted by atomic mass is 16.5. The number of hydrogen-bond donors (Lipinski definition) is 0. The molecule has 3 rings (SSSR count). The first kappa shape index (κ1) is 16.5. The van der Waals surface area contributed by atoms with Crippen LogP contribution in [-0.4, -0.2) is 45.4 Å². The van der Waals surface area contributed by atoms with Gasteiger partial charge in [0.15, 0.2) is 0 Å². The third-order valence-electron chi connectivity index (χ3n) is 4.49. The Kier molecular flexibility index (Phi) is 5.11. The largest absolute Gasteiger partial charge is 0.491 e. The van der Waals surface area contributed by atoms with Gasteiger partial charge in [-0.2, -0.15) is 10.4 Å². The highest BCUT2D eigenvalue weighted by Crippen LogP contribution is 2.20. The van der Waals surface area contributed by atoms with Gasteiger partial charge in [0.1, 0.15) is 30.1 Å². The van der Waals surface area contributed by atoms with E-state index in [9.17, 15) is 0 Å². The van der Waals surface area contributed by atoms with E-state index in [0.717, 1.165) is 31.3 Å². The Hall–Kier alpha value is -2.39. The van der Waals surface area contributed by atoms with Gasteiger partial charge in [-0.3, -0.25) is 4.90 Å². The highest BCUT2D eigenvalue weighted by Gasteiger charge is 2.25. The molecular formula is C18H23N5O. The number of likely N-dealkylation sites (tertiary alicyclic amines) is 1. The third kappa shape index (κ3) is 3.74. The van der Waals surface area contributed by atoms with E-state index < -0.39 is 0 Å². The lowest BCUT2D eigenvalue weighted by molar-refractivity contribution is 0.181. The molecule has 24 heavy (non-hydrogen) atoms. The lowest BCUT2D eigenvalue weighted by Crippen LogP contribution is -2.36. The number of hydrogen-bond acceptors (Lipinski definition) is 5. The van der Waals surface area contributed by atoms with Crippen LogP contribution in [0.25, 0.3) is 0 Å². The summed E-state index contributed by atoms with van der Waals surface area (Å²) in [4.78, 5) is 6.83. The Morgan fingerprint density at radius 3 is 2.92 bits per heavy atom. The molecule has 1 aromatic heterocycles. The molecule has 0 N–H and O–H groups in total. The molecule has 0 aliphatic carbocycles. The number of rotatable bonds is 6. The van der Waals surface area contributed by atoms with Crippen LogP contribution in [0.1, 0.15) is 30.1 Å². The normalized spacial score (nSPS) is 17.8. The molecule has 1 aliphatic rings. The average molecular weight is 325 g/mol. The van der Waals surface area contributed by atoms with Crippen molar-refractivity contribution in [3.05, 3.63) is 41.5 Å². The fourth-order valence-corrected chi connectivity index (χ4v) is 3.29. The number of ether oxygens (including phenoxy) is 1. The summed E-state index contributed by atoms with van der Waals surface area (Å²) in [7, 11) is 0. The molecule has 1 saturated heterocycles. The summed E-state index contributed by atoms with van der Waals surface area (Å²) in [5, 5.41) is 13.6. The number of nitriles is 1. The molecule has 2 heterocycles. The van der Waals surface area contributed by atoms with Crippen LogP contribution in [0.4, 0.5) is 0 Å². The molecule has 0 radical (unpaired) electrons. The fraction of sp³-hybridized carbons (Fsp3) is 0.500. The molecule has 1 atom stereocenters. The van der Waals surface area contributed by atoms with Gasteiger partial charge in [0.05, 0.1) is 12.1 Å². The second-order valence-corrected chi connectivity index (χ2v) is 6.18. The highest BCUT2D eigenvalue weighted by molar-refractivity contribution is 5.42. The maximum absolute atomic E-state index is 9.11. The fourth-order valence-electron chi connectivity index (χ4n) is 3.29. The zero-order chi connectivity index (χ0) is 16.9. The maximum atomic E-state index is 9.11. The van der Waals surface area contributed by atoms with E-state index in [4.69, 9.17) is 10.00 Å². The van der Waals surface area contributed by atoms with Crippen LogP contribution >= 0.6 is 0 Å². The smallest absolute Gasteiger partial charge is 0.147 e. The van der Waals surface area contributed by atoms with E-state index in [2.05, 4.69) is 21.1 Å². The van der Waals surface area contributed by atoms with Gasteiger partial charge < -0.3 is 4.74 Å². The molecule has 0 spiro atoms. The molecular weight excluding hydrogens is 302 g/mol. The van der Waals surface area contributed by atoms with Crippen molar-refractivity contribution < 1.29 is 4.74 Å². The van der Waals surface area contributed by atoms with Gasteiger partial charge in [0.2, 0.25) is 0 Å². The first-order chi connectivity index (χ1) is 11.7. The number of para-hydroxylation sites is 1. The minimum Gasteiger partial charge on any atom is -0.491 e. The minimum absolute atomic E-state index is 0.472. The third-order valence-corrected chi connectivity index (χ3v) is 4.49. The van der Waals surface area contributed by atoms with Gasteiger partial charge in [0, 0.05) is 12.6 Å². The SMILES string of the molecule is Cc1nc(C)n(C[C@H]2CCCN2CCOc2ccccc2C#N)n1. The van der Waals surface area contributed by atoms with Gasteiger partial charge in [-0.1, -0.05) is 12.1 Å². The van der Waals surface area contributed by atoms with Crippen molar-refractivity contribution in [3.8, 4) is 11.8 Å². The number of nitrogens with zero attached hydrogens (tertiary/aromatic N) is 5. The van der Waals surface area contributed by atoms with Gasteiger partial charge in [0.25, 0.3) is 0 Å². The molecule has 0 amide bonds. The summed E-state index contributed by atoms with van der Waals surface area (Å²) in [6, 6.07) is 10.0. The summed E-state index contributed by atoms with van der Waals surface area (Å²) in [6.45, 7) is 7.33. The lowest BCUT2D eigenvalue weighted by atomic mass is 10.2. The van der Waals surface area contributed by atoms with E-state index in [1.807, 2.05) is 36.7 Å². The molecule has 1 fully saturated rings. The summed E-state index contributed by atoms with van der Waals surface area (Å²) >= 11 is 0. The average Bonchev–Trinajstić information content (AvgIpc) is 3.14. The Labute approximate surface area is 142 Å². The zero-order valence-electron chi connectivity index (χ0n) is 14.3. The van der Waals surface area contributed by atoms with Gasteiger partial charge >= 0.3 is 0 Å². The summed E-state index contributed by atoms with van der Waals surface area (Å²) in [5.41, 5.74) is 0.587. The van der Waals surface area contributed by atoms with E-state index in [1.165, 1.54) is 12.8 Å². The van der Waals surface area contributed by atoms with E-state index >= 15 is 0 Å². The number of aryl methyl sites for hydroxylation is 2. The van der Waals surface area contributed by atoms with Crippen molar-refractivity contribution in [3.63, 3.8) is 0 Å².